The summed E-state index contributed by atoms with van der Waals surface area (Å²) < 4.78 is 44.2. The lowest BCUT2D eigenvalue weighted by molar-refractivity contribution is -0.137. The standard InChI is InChI=1S/C20H14ClF3N2O3S/c1-12(27)26(15-6-4-5-13(9-15)20(22,23)24)19-25-14(11-30-19)10-29-18(28)16-7-2-3-8-17(16)21/h2-9,11H,10H2,1H3. The summed E-state index contributed by atoms with van der Waals surface area (Å²) in [6.45, 7) is 1.04. The van der Waals surface area contributed by atoms with Gasteiger partial charge in [0.05, 0.1) is 27.5 Å². The van der Waals surface area contributed by atoms with Gasteiger partial charge in [0.15, 0.2) is 5.13 Å². The van der Waals surface area contributed by atoms with E-state index >= 15 is 0 Å². The molecule has 5 nitrogen and oxygen atoms in total. The van der Waals surface area contributed by atoms with Gasteiger partial charge in [0.2, 0.25) is 5.91 Å². The average molecular weight is 455 g/mol. The number of ether oxygens (including phenoxy) is 1. The Morgan fingerprint density at radius 3 is 2.57 bits per heavy atom. The smallest absolute Gasteiger partial charge is 0.416 e. The first-order valence-electron chi connectivity index (χ1n) is 8.51. The summed E-state index contributed by atoms with van der Waals surface area (Å²) in [6.07, 6.45) is -4.54. The Balaban J connectivity index is 1.78. The Morgan fingerprint density at radius 2 is 1.90 bits per heavy atom. The molecule has 0 fully saturated rings. The van der Waals surface area contributed by atoms with Gasteiger partial charge in [-0.1, -0.05) is 29.8 Å². The van der Waals surface area contributed by atoms with Crippen molar-refractivity contribution >= 4 is 45.6 Å². The molecule has 0 aliphatic carbocycles. The van der Waals surface area contributed by atoms with E-state index in [0.29, 0.717) is 5.69 Å². The molecule has 0 bridgehead atoms. The molecule has 3 rings (SSSR count). The zero-order valence-corrected chi connectivity index (χ0v) is 17.0. The van der Waals surface area contributed by atoms with E-state index in [4.69, 9.17) is 16.3 Å². The number of amides is 1. The third-order valence-corrected chi connectivity index (χ3v) is 5.13. The predicted octanol–water partition coefficient (Wildman–Crippen LogP) is 5.86. The van der Waals surface area contributed by atoms with E-state index in [9.17, 15) is 22.8 Å². The maximum atomic E-state index is 13.0. The van der Waals surface area contributed by atoms with Crippen LogP contribution in [0.25, 0.3) is 0 Å². The SMILES string of the molecule is CC(=O)N(c1cccc(C(F)(F)F)c1)c1nc(COC(=O)c2ccccc2Cl)cs1. The molecule has 0 aliphatic rings. The fraction of sp³-hybridized carbons (Fsp3) is 0.150. The van der Waals surface area contributed by atoms with Gasteiger partial charge in [-0.25, -0.2) is 9.78 Å². The number of alkyl halides is 3. The molecule has 1 heterocycles. The molecule has 0 unspecified atom stereocenters. The largest absolute Gasteiger partial charge is 0.456 e. The number of hydrogen-bond acceptors (Lipinski definition) is 5. The minimum atomic E-state index is -4.54. The fourth-order valence-electron chi connectivity index (χ4n) is 2.56. The van der Waals surface area contributed by atoms with Crippen LogP contribution < -0.4 is 4.90 Å². The van der Waals surface area contributed by atoms with E-state index in [1.54, 1.807) is 23.6 Å². The van der Waals surface area contributed by atoms with Gasteiger partial charge in [0.1, 0.15) is 6.61 Å². The van der Waals surface area contributed by atoms with Crippen molar-refractivity contribution < 1.29 is 27.5 Å². The van der Waals surface area contributed by atoms with Gasteiger partial charge in [-0.05, 0) is 30.3 Å². The number of carbonyl (C=O) groups is 2. The van der Waals surface area contributed by atoms with Crippen LogP contribution in [0.2, 0.25) is 5.02 Å². The van der Waals surface area contributed by atoms with Crippen LogP contribution in [0, 0.1) is 0 Å². The van der Waals surface area contributed by atoms with Crippen molar-refractivity contribution in [1.29, 1.82) is 0 Å². The van der Waals surface area contributed by atoms with Gasteiger partial charge < -0.3 is 4.74 Å². The van der Waals surface area contributed by atoms with Gasteiger partial charge in [-0.2, -0.15) is 13.2 Å². The lowest BCUT2D eigenvalue weighted by atomic mass is 10.2. The summed E-state index contributed by atoms with van der Waals surface area (Å²) in [5, 5.41) is 1.96. The first-order chi connectivity index (χ1) is 14.2. The molecule has 0 aliphatic heterocycles. The number of nitrogens with zero attached hydrogens (tertiary/aromatic N) is 2. The number of halogens is 4. The highest BCUT2D eigenvalue weighted by molar-refractivity contribution is 7.14. The molecule has 0 saturated carbocycles. The molecule has 0 N–H and O–H groups in total. The predicted molar refractivity (Wildman–Crippen MR) is 107 cm³/mol. The minimum absolute atomic E-state index is 0.0336. The first-order valence-corrected chi connectivity index (χ1v) is 9.76. The van der Waals surface area contributed by atoms with E-state index in [1.165, 1.54) is 25.1 Å². The Morgan fingerprint density at radius 1 is 1.17 bits per heavy atom. The van der Waals surface area contributed by atoms with E-state index < -0.39 is 23.6 Å². The van der Waals surface area contributed by atoms with Crippen LogP contribution in [0.3, 0.4) is 0 Å². The molecular formula is C20H14ClF3N2O3S. The Bertz CT molecular complexity index is 1080. The molecule has 0 spiro atoms. The number of benzene rings is 2. The van der Waals surface area contributed by atoms with Gasteiger partial charge in [-0.15, -0.1) is 11.3 Å². The van der Waals surface area contributed by atoms with Gasteiger partial charge in [0, 0.05) is 12.3 Å². The lowest BCUT2D eigenvalue weighted by Crippen LogP contribution is -2.23. The van der Waals surface area contributed by atoms with Crippen LogP contribution in [0.1, 0.15) is 28.5 Å². The number of esters is 1. The molecule has 156 valence electrons. The highest BCUT2D eigenvalue weighted by Crippen LogP contribution is 2.35. The van der Waals surface area contributed by atoms with Gasteiger partial charge in [-0.3, -0.25) is 9.69 Å². The Hall–Kier alpha value is -2.91. The topological polar surface area (TPSA) is 59.5 Å². The summed E-state index contributed by atoms with van der Waals surface area (Å²) in [5.41, 5.74) is -0.305. The highest BCUT2D eigenvalue weighted by atomic mass is 35.5. The summed E-state index contributed by atoms with van der Waals surface area (Å²) in [5.74, 6) is -1.15. The number of hydrogen-bond donors (Lipinski definition) is 0. The number of thiazole rings is 1. The monoisotopic (exact) mass is 454 g/mol. The molecule has 0 saturated heterocycles. The summed E-state index contributed by atoms with van der Waals surface area (Å²) in [6, 6.07) is 10.8. The highest BCUT2D eigenvalue weighted by Gasteiger charge is 2.31. The molecule has 0 radical (unpaired) electrons. The fourth-order valence-corrected chi connectivity index (χ4v) is 3.64. The van der Waals surface area contributed by atoms with Crippen LogP contribution in [0.5, 0.6) is 0 Å². The molecule has 1 aromatic heterocycles. The van der Waals surface area contributed by atoms with Crippen LogP contribution in [-0.4, -0.2) is 16.9 Å². The van der Waals surface area contributed by atoms with Gasteiger partial charge in [0.25, 0.3) is 0 Å². The Labute approximate surface area is 178 Å². The molecule has 3 aromatic rings. The van der Waals surface area contributed by atoms with Crippen LogP contribution >= 0.6 is 22.9 Å². The zero-order valence-electron chi connectivity index (χ0n) is 15.4. The zero-order chi connectivity index (χ0) is 21.9. The van der Waals surface area contributed by atoms with Crippen LogP contribution in [0.4, 0.5) is 24.0 Å². The van der Waals surface area contributed by atoms with Gasteiger partial charge >= 0.3 is 12.1 Å². The van der Waals surface area contributed by atoms with E-state index in [0.717, 1.165) is 28.4 Å². The molecular weight excluding hydrogens is 441 g/mol. The van der Waals surface area contributed by atoms with E-state index in [2.05, 4.69) is 4.98 Å². The molecule has 2 aromatic carbocycles. The average Bonchev–Trinajstić information content (AvgIpc) is 3.14. The number of aromatic nitrogens is 1. The summed E-state index contributed by atoms with van der Waals surface area (Å²) in [4.78, 5) is 29.5. The number of anilines is 2. The molecule has 1 amide bonds. The molecule has 30 heavy (non-hydrogen) atoms. The first kappa shape index (κ1) is 21.8. The number of carbonyl (C=O) groups excluding carboxylic acids is 2. The third kappa shape index (κ3) is 4.98. The molecule has 0 atom stereocenters. The van der Waals surface area contributed by atoms with Crippen LogP contribution in [-0.2, 0) is 22.3 Å². The van der Waals surface area contributed by atoms with Crippen molar-refractivity contribution in [3.8, 4) is 0 Å². The van der Waals surface area contributed by atoms with Crippen molar-refractivity contribution in [1.82, 2.24) is 4.98 Å². The quantitative estimate of drug-likeness (QED) is 0.453. The third-order valence-electron chi connectivity index (χ3n) is 3.92. The lowest BCUT2D eigenvalue weighted by Gasteiger charge is -2.19. The maximum absolute atomic E-state index is 13.0. The van der Waals surface area contributed by atoms with E-state index in [-0.39, 0.29) is 28.0 Å². The van der Waals surface area contributed by atoms with Crippen LogP contribution in [0.15, 0.2) is 53.9 Å². The Kier molecular flexibility index (Phi) is 6.42. The second-order valence-electron chi connectivity index (χ2n) is 6.08. The molecule has 10 heteroatoms. The maximum Gasteiger partial charge on any atom is 0.416 e. The van der Waals surface area contributed by atoms with E-state index in [1.807, 2.05) is 0 Å². The summed E-state index contributed by atoms with van der Waals surface area (Å²) in [7, 11) is 0. The van der Waals surface area contributed by atoms with Crippen molar-refractivity contribution in [3.63, 3.8) is 0 Å². The van der Waals surface area contributed by atoms with Crippen molar-refractivity contribution in [3.05, 3.63) is 75.8 Å². The number of rotatable bonds is 5. The second kappa shape index (κ2) is 8.85. The van der Waals surface area contributed by atoms with Crippen molar-refractivity contribution in [2.24, 2.45) is 0 Å². The summed E-state index contributed by atoms with van der Waals surface area (Å²) >= 11 is 7.00. The second-order valence-corrected chi connectivity index (χ2v) is 7.32. The van der Waals surface area contributed by atoms with Crippen molar-refractivity contribution in [2.45, 2.75) is 19.7 Å². The normalized spacial score (nSPS) is 11.2. The van der Waals surface area contributed by atoms with Crippen molar-refractivity contribution in [2.75, 3.05) is 4.90 Å². The minimum Gasteiger partial charge on any atom is -0.456 e.